The summed E-state index contributed by atoms with van der Waals surface area (Å²) in [4.78, 5) is 9.02. The number of morpholine rings is 1. The Labute approximate surface area is 103 Å². The van der Waals surface area contributed by atoms with Crippen LogP contribution in [0.3, 0.4) is 0 Å². The zero-order valence-electron chi connectivity index (χ0n) is 9.82. The summed E-state index contributed by atoms with van der Waals surface area (Å²) in [6.45, 7) is 2.41. The average molecular weight is 251 g/mol. The molecule has 3 rings (SSSR count). The average Bonchev–Trinajstić information content (AvgIpc) is 2.80. The highest BCUT2D eigenvalue weighted by Crippen LogP contribution is 2.25. The highest BCUT2D eigenvalue weighted by molar-refractivity contribution is 5.80. The van der Waals surface area contributed by atoms with E-state index >= 15 is 0 Å². The molecule has 6 heteroatoms. The van der Waals surface area contributed by atoms with Crippen molar-refractivity contribution in [2.75, 3.05) is 31.2 Å². The standard InChI is InChI=1S/C12H14FN3O2/c13-8-5-9-10(15-12(7-17)14-9)6-11(8)16-1-3-18-4-2-16/h5-6,17H,1-4,7H2,(H,14,15). The number of benzene rings is 1. The largest absolute Gasteiger partial charge is 0.388 e. The van der Waals surface area contributed by atoms with Crippen molar-refractivity contribution in [3.63, 3.8) is 0 Å². The lowest BCUT2D eigenvalue weighted by Crippen LogP contribution is -2.36. The highest BCUT2D eigenvalue weighted by atomic mass is 19.1. The molecule has 96 valence electrons. The molecule has 1 aliphatic rings. The number of aliphatic hydroxyl groups excluding tert-OH is 1. The number of aromatic amines is 1. The zero-order valence-corrected chi connectivity index (χ0v) is 9.82. The summed E-state index contributed by atoms with van der Waals surface area (Å²) in [5.74, 6) is 0.168. The van der Waals surface area contributed by atoms with Gasteiger partial charge in [0.1, 0.15) is 18.2 Å². The maximum atomic E-state index is 14.0. The van der Waals surface area contributed by atoms with Gasteiger partial charge in [0.25, 0.3) is 0 Å². The Kier molecular flexibility index (Phi) is 2.89. The first-order chi connectivity index (χ1) is 8.78. The number of imidazole rings is 1. The van der Waals surface area contributed by atoms with E-state index in [1.807, 2.05) is 4.90 Å². The molecule has 2 aromatic rings. The Balaban J connectivity index is 2.02. The molecule has 1 aromatic heterocycles. The third kappa shape index (κ3) is 1.93. The molecule has 2 heterocycles. The quantitative estimate of drug-likeness (QED) is 0.837. The molecule has 2 N–H and O–H groups in total. The first-order valence-electron chi connectivity index (χ1n) is 5.89. The van der Waals surface area contributed by atoms with Gasteiger partial charge in [-0.25, -0.2) is 9.37 Å². The van der Waals surface area contributed by atoms with Gasteiger partial charge in [0.15, 0.2) is 0 Å². The molecule has 1 aromatic carbocycles. The number of aromatic nitrogens is 2. The molecule has 0 spiro atoms. The Morgan fingerprint density at radius 3 is 2.89 bits per heavy atom. The van der Waals surface area contributed by atoms with Crippen molar-refractivity contribution in [1.29, 1.82) is 0 Å². The van der Waals surface area contributed by atoms with Gasteiger partial charge < -0.3 is 19.7 Å². The second-order valence-corrected chi connectivity index (χ2v) is 4.26. The summed E-state index contributed by atoms with van der Waals surface area (Å²) < 4.78 is 19.3. The van der Waals surface area contributed by atoms with Gasteiger partial charge in [-0.05, 0) is 6.07 Å². The van der Waals surface area contributed by atoms with Crippen LogP contribution in [0.1, 0.15) is 5.82 Å². The van der Waals surface area contributed by atoms with Crippen molar-refractivity contribution in [3.8, 4) is 0 Å². The number of anilines is 1. The van der Waals surface area contributed by atoms with Crippen LogP contribution in [0.25, 0.3) is 11.0 Å². The Morgan fingerprint density at radius 2 is 2.17 bits per heavy atom. The minimum atomic E-state index is -0.280. The van der Waals surface area contributed by atoms with Crippen molar-refractivity contribution in [1.82, 2.24) is 9.97 Å². The van der Waals surface area contributed by atoms with Crippen LogP contribution in [0.2, 0.25) is 0 Å². The molecule has 1 aliphatic heterocycles. The van der Waals surface area contributed by atoms with E-state index in [2.05, 4.69) is 9.97 Å². The van der Waals surface area contributed by atoms with E-state index in [1.165, 1.54) is 6.07 Å². The lowest BCUT2D eigenvalue weighted by Gasteiger charge is -2.29. The number of nitrogens with one attached hydrogen (secondary N) is 1. The van der Waals surface area contributed by atoms with Gasteiger partial charge >= 0.3 is 0 Å². The van der Waals surface area contributed by atoms with Gasteiger partial charge in [0.2, 0.25) is 0 Å². The van der Waals surface area contributed by atoms with Gasteiger partial charge in [-0.15, -0.1) is 0 Å². The Morgan fingerprint density at radius 1 is 1.39 bits per heavy atom. The molecule has 0 aliphatic carbocycles. The van der Waals surface area contributed by atoms with E-state index in [9.17, 15) is 4.39 Å². The fourth-order valence-corrected chi connectivity index (χ4v) is 2.19. The molecule has 0 bridgehead atoms. The summed E-state index contributed by atoms with van der Waals surface area (Å²) in [5.41, 5.74) is 1.82. The SMILES string of the molecule is OCc1nc2cc(N3CCOCC3)c(F)cc2[nH]1. The molecule has 1 fully saturated rings. The van der Waals surface area contributed by atoms with Crippen LogP contribution in [-0.2, 0) is 11.3 Å². The number of hydrogen-bond acceptors (Lipinski definition) is 4. The van der Waals surface area contributed by atoms with Crippen molar-refractivity contribution in [2.45, 2.75) is 6.61 Å². The van der Waals surface area contributed by atoms with Crippen LogP contribution in [0.5, 0.6) is 0 Å². The highest BCUT2D eigenvalue weighted by Gasteiger charge is 2.17. The number of hydrogen-bond donors (Lipinski definition) is 2. The lowest BCUT2D eigenvalue weighted by molar-refractivity contribution is 0.122. The van der Waals surface area contributed by atoms with Crippen molar-refractivity contribution >= 4 is 16.7 Å². The number of H-pyrrole nitrogens is 1. The lowest BCUT2D eigenvalue weighted by atomic mass is 10.2. The normalized spacial score (nSPS) is 16.4. The molecule has 5 nitrogen and oxygen atoms in total. The Hall–Kier alpha value is -1.66. The van der Waals surface area contributed by atoms with E-state index in [0.717, 1.165) is 0 Å². The number of aliphatic hydroxyl groups is 1. The summed E-state index contributed by atoms with van der Waals surface area (Å²) in [6, 6.07) is 3.14. The van der Waals surface area contributed by atoms with Gasteiger partial charge in [0, 0.05) is 19.2 Å². The van der Waals surface area contributed by atoms with Crippen molar-refractivity contribution in [2.24, 2.45) is 0 Å². The topological polar surface area (TPSA) is 61.4 Å². The molecule has 18 heavy (non-hydrogen) atoms. The third-order valence-corrected chi connectivity index (χ3v) is 3.10. The second kappa shape index (κ2) is 4.55. The van der Waals surface area contributed by atoms with E-state index in [0.29, 0.717) is 48.8 Å². The molecule has 0 saturated carbocycles. The molecule has 0 atom stereocenters. The number of ether oxygens (including phenoxy) is 1. The predicted molar refractivity (Wildman–Crippen MR) is 65.0 cm³/mol. The molecule has 0 unspecified atom stereocenters. The van der Waals surface area contributed by atoms with Crippen LogP contribution in [0.4, 0.5) is 10.1 Å². The minimum absolute atomic E-state index is 0.177. The number of halogens is 1. The molecule has 1 saturated heterocycles. The summed E-state index contributed by atoms with van der Waals surface area (Å²) in [7, 11) is 0. The monoisotopic (exact) mass is 251 g/mol. The van der Waals surface area contributed by atoms with E-state index in [4.69, 9.17) is 9.84 Å². The molecule has 0 amide bonds. The van der Waals surface area contributed by atoms with E-state index < -0.39 is 0 Å². The summed E-state index contributed by atoms with van der Waals surface area (Å²) in [5, 5.41) is 9.01. The van der Waals surface area contributed by atoms with Crippen molar-refractivity contribution in [3.05, 3.63) is 23.8 Å². The first kappa shape index (κ1) is 11.4. The number of rotatable bonds is 2. The molecule has 0 radical (unpaired) electrons. The van der Waals surface area contributed by atoms with E-state index in [1.54, 1.807) is 6.07 Å². The summed E-state index contributed by atoms with van der Waals surface area (Å²) in [6.07, 6.45) is 0. The fourth-order valence-electron chi connectivity index (χ4n) is 2.19. The van der Waals surface area contributed by atoms with Crippen LogP contribution in [0, 0.1) is 5.82 Å². The molecular formula is C12H14FN3O2. The zero-order chi connectivity index (χ0) is 12.5. The maximum Gasteiger partial charge on any atom is 0.148 e. The van der Waals surface area contributed by atoms with Gasteiger partial charge in [-0.2, -0.15) is 0 Å². The number of nitrogens with zero attached hydrogens (tertiary/aromatic N) is 2. The second-order valence-electron chi connectivity index (χ2n) is 4.26. The maximum absolute atomic E-state index is 14.0. The van der Waals surface area contributed by atoms with Gasteiger partial charge in [0.05, 0.1) is 29.9 Å². The van der Waals surface area contributed by atoms with Crippen LogP contribution < -0.4 is 4.90 Å². The third-order valence-electron chi connectivity index (χ3n) is 3.10. The predicted octanol–water partition coefficient (Wildman–Crippen LogP) is 1.03. The number of fused-ring (bicyclic) bond motifs is 1. The van der Waals surface area contributed by atoms with Crippen LogP contribution in [-0.4, -0.2) is 41.4 Å². The fraction of sp³-hybridized carbons (Fsp3) is 0.417. The van der Waals surface area contributed by atoms with Gasteiger partial charge in [-0.1, -0.05) is 0 Å². The van der Waals surface area contributed by atoms with Crippen LogP contribution >= 0.6 is 0 Å². The Bertz CT molecular complexity index is 564. The van der Waals surface area contributed by atoms with Gasteiger partial charge in [-0.3, -0.25) is 0 Å². The smallest absolute Gasteiger partial charge is 0.148 e. The molecular weight excluding hydrogens is 237 g/mol. The minimum Gasteiger partial charge on any atom is -0.388 e. The van der Waals surface area contributed by atoms with E-state index in [-0.39, 0.29) is 12.4 Å². The van der Waals surface area contributed by atoms with Crippen molar-refractivity contribution < 1.29 is 14.2 Å². The summed E-state index contributed by atoms with van der Waals surface area (Å²) >= 11 is 0. The first-order valence-corrected chi connectivity index (χ1v) is 5.89. The van der Waals surface area contributed by atoms with Crippen LogP contribution in [0.15, 0.2) is 12.1 Å².